The highest BCUT2D eigenvalue weighted by molar-refractivity contribution is 8.01. The maximum atomic E-state index is 12.9. The molecule has 3 aromatic rings. The summed E-state index contributed by atoms with van der Waals surface area (Å²) in [6, 6.07) is 12.7. The average Bonchev–Trinajstić information content (AvgIpc) is 3.12. The van der Waals surface area contributed by atoms with Crippen molar-refractivity contribution < 1.29 is 23.1 Å². The zero-order chi connectivity index (χ0) is 27.4. The number of nitrogens with zero attached hydrogens (tertiary/aromatic N) is 2. The third kappa shape index (κ3) is 7.53. The minimum absolute atomic E-state index is 0.377. The molecule has 1 heterocycles. The molecular weight excluding hydrogens is 499 g/mol. The van der Waals surface area contributed by atoms with Crippen LogP contribution in [-0.2, 0) is 24.1 Å². The monoisotopic (exact) mass is 533 g/mol. The lowest BCUT2D eigenvalue weighted by Crippen LogP contribution is -2.26. The normalized spacial score (nSPS) is 12.2. The SMILES string of the molecule is Cc1c(CNc2ccc(C(F)(F)F)cc2)nc(-c2ccc(SC(C)(C)C(=O)O)cc2)n1CCCC(C)C. The van der Waals surface area contributed by atoms with Crippen LogP contribution in [0.3, 0.4) is 0 Å². The first kappa shape index (κ1) is 28.6. The molecule has 0 aliphatic carbocycles. The first-order chi connectivity index (χ1) is 17.3. The zero-order valence-corrected chi connectivity index (χ0v) is 22.6. The van der Waals surface area contributed by atoms with E-state index in [4.69, 9.17) is 4.98 Å². The standard InChI is InChI=1S/C28H34F3N3O2S/c1-18(2)7-6-16-34-19(3)24(17-32-22-12-10-21(11-13-22)28(29,30)31)33-25(34)20-8-14-23(15-9-20)37-27(4,5)26(35)36/h8-15,18,32H,6-7,16-17H2,1-5H3,(H,35,36). The molecule has 2 aromatic carbocycles. The number of aliphatic carboxylic acids is 1. The molecule has 2 N–H and O–H groups in total. The highest BCUT2D eigenvalue weighted by Gasteiger charge is 2.30. The number of aromatic nitrogens is 2. The molecule has 0 amide bonds. The number of carbonyl (C=O) groups is 1. The van der Waals surface area contributed by atoms with Gasteiger partial charge < -0.3 is 15.0 Å². The van der Waals surface area contributed by atoms with Crippen molar-refractivity contribution in [1.29, 1.82) is 0 Å². The number of hydrogen-bond donors (Lipinski definition) is 2. The Bertz CT molecular complexity index is 1200. The molecule has 3 rings (SSSR count). The highest BCUT2D eigenvalue weighted by atomic mass is 32.2. The van der Waals surface area contributed by atoms with Crippen molar-refractivity contribution in [3.8, 4) is 11.4 Å². The Hall–Kier alpha value is -2.94. The van der Waals surface area contributed by atoms with Gasteiger partial charge in [0.25, 0.3) is 0 Å². The maximum absolute atomic E-state index is 12.9. The van der Waals surface area contributed by atoms with Crippen LogP contribution in [-0.4, -0.2) is 25.4 Å². The van der Waals surface area contributed by atoms with E-state index in [1.807, 2.05) is 31.2 Å². The second-order valence-electron chi connectivity index (χ2n) is 10.0. The van der Waals surface area contributed by atoms with Gasteiger partial charge in [0.05, 0.1) is 17.8 Å². The Morgan fingerprint density at radius 3 is 2.24 bits per heavy atom. The Labute approximate surface area is 220 Å². The lowest BCUT2D eigenvalue weighted by molar-refractivity contribution is -0.139. The number of carboxylic acids is 1. The Morgan fingerprint density at radius 2 is 1.70 bits per heavy atom. The van der Waals surface area contributed by atoms with E-state index in [-0.39, 0.29) is 0 Å². The van der Waals surface area contributed by atoms with Gasteiger partial charge in [0.2, 0.25) is 0 Å². The van der Waals surface area contributed by atoms with E-state index in [0.29, 0.717) is 18.2 Å². The summed E-state index contributed by atoms with van der Waals surface area (Å²) in [6.45, 7) is 10.9. The van der Waals surface area contributed by atoms with E-state index in [1.165, 1.54) is 23.9 Å². The second-order valence-corrected chi connectivity index (χ2v) is 11.7. The van der Waals surface area contributed by atoms with Gasteiger partial charge in [0, 0.05) is 28.4 Å². The van der Waals surface area contributed by atoms with Gasteiger partial charge in [-0.15, -0.1) is 11.8 Å². The van der Waals surface area contributed by atoms with Crippen LogP contribution in [0.2, 0.25) is 0 Å². The molecule has 1 aromatic heterocycles. The van der Waals surface area contributed by atoms with E-state index in [9.17, 15) is 23.1 Å². The van der Waals surface area contributed by atoms with Gasteiger partial charge in [-0.1, -0.05) is 26.0 Å². The molecule has 0 spiro atoms. The summed E-state index contributed by atoms with van der Waals surface area (Å²) in [6.07, 6.45) is -2.29. The van der Waals surface area contributed by atoms with Gasteiger partial charge in [0.1, 0.15) is 10.6 Å². The first-order valence-corrected chi connectivity index (χ1v) is 13.1. The molecule has 0 aliphatic heterocycles. The summed E-state index contributed by atoms with van der Waals surface area (Å²) in [5.74, 6) is 0.532. The number of anilines is 1. The number of hydrogen-bond acceptors (Lipinski definition) is 4. The van der Waals surface area contributed by atoms with Crippen molar-refractivity contribution in [1.82, 2.24) is 9.55 Å². The van der Waals surface area contributed by atoms with Gasteiger partial charge in [-0.25, -0.2) is 4.98 Å². The van der Waals surface area contributed by atoms with E-state index in [1.54, 1.807) is 13.8 Å². The number of alkyl halides is 3. The summed E-state index contributed by atoms with van der Waals surface area (Å²) < 4.78 is 39.8. The van der Waals surface area contributed by atoms with Gasteiger partial charge in [-0.05, 0) is 75.9 Å². The van der Waals surface area contributed by atoms with Crippen LogP contribution in [0.5, 0.6) is 0 Å². The minimum atomic E-state index is -4.36. The van der Waals surface area contributed by atoms with Crippen molar-refractivity contribution in [2.75, 3.05) is 5.32 Å². The fourth-order valence-corrected chi connectivity index (χ4v) is 4.82. The molecule has 0 saturated carbocycles. The number of halogens is 3. The van der Waals surface area contributed by atoms with Crippen molar-refractivity contribution in [2.24, 2.45) is 5.92 Å². The van der Waals surface area contributed by atoms with E-state index in [2.05, 4.69) is 23.7 Å². The van der Waals surface area contributed by atoms with E-state index >= 15 is 0 Å². The molecule has 0 radical (unpaired) electrons. The Balaban J connectivity index is 1.84. The molecule has 0 fully saturated rings. The van der Waals surface area contributed by atoms with E-state index < -0.39 is 22.5 Å². The average molecular weight is 534 g/mol. The number of carboxylic acid groups (broad SMARTS) is 1. The van der Waals surface area contributed by atoms with Crippen LogP contribution in [0.15, 0.2) is 53.4 Å². The molecule has 200 valence electrons. The van der Waals surface area contributed by atoms with Gasteiger partial charge in [0.15, 0.2) is 0 Å². The summed E-state index contributed by atoms with van der Waals surface area (Å²) in [4.78, 5) is 17.2. The second kappa shape index (κ2) is 11.6. The van der Waals surface area contributed by atoms with Crippen LogP contribution < -0.4 is 5.32 Å². The lowest BCUT2D eigenvalue weighted by Gasteiger charge is -2.18. The molecule has 9 heteroatoms. The fourth-order valence-electron chi connectivity index (χ4n) is 3.88. The van der Waals surface area contributed by atoms with Gasteiger partial charge >= 0.3 is 12.1 Å². The Kier molecular flexibility index (Phi) is 9.00. The molecule has 0 saturated heterocycles. The van der Waals surface area contributed by atoms with Crippen LogP contribution in [0, 0.1) is 12.8 Å². The number of benzene rings is 2. The molecule has 37 heavy (non-hydrogen) atoms. The molecular formula is C28H34F3N3O2S. The van der Waals surface area contributed by atoms with Crippen LogP contribution in [0.1, 0.15) is 57.5 Å². The molecule has 0 aliphatic rings. The summed E-state index contributed by atoms with van der Waals surface area (Å²) in [5, 5.41) is 12.6. The minimum Gasteiger partial charge on any atom is -0.480 e. The van der Waals surface area contributed by atoms with E-state index in [0.717, 1.165) is 59.2 Å². The Morgan fingerprint density at radius 1 is 1.08 bits per heavy atom. The predicted octanol–water partition coefficient (Wildman–Crippen LogP) is 7.88. The molecule has 5 nitrogen and oxygen atoms in total. The van der Waals surface area contributed by atoms with Crippen LogP contribution >= 0.6 is 11.8 Å². The number of imidazole rings is 1. The molecule has 0 unspecified atom stereocenters. The fraction of sp³-hybridized carbons (Fsp3) is 0.429. The summed E-state index contributed by atoms with van der Waals surface area (Å²) >= 11 is 1.29. The quantitative estimate of drug-likeness (QED) is 0.245. The largest absolute Gasteiger partial charge is 0.480 e. The lowest BCUT2D eigenvalue weighted by atomic mass is 10.1. The third-order valence-electron chi connectivity index (χ3n) is 6.15. The smallest absolute Gasteiger partial charge is 0.416 e. The number of nitrogens with one attached hydrogen (secondary N) is 1. The maximum Gasteiger partial charge on any atom is 0.416 e. The van der Waals surface area contributed by atoms with Gasteiger partial charge in [-0.2, -0.15) is 13.2 Å². The highest BCUT2D eigenvalue weighted by Crippen LogP contribution is 2.34. The van der Waals surface area contributed by atoms with Crippen molar-refractivity contribution in [3.63, 3.8) is 0 Å². The topological polar surface area (TPSA) is 67.2 Å². The molecule has 0 bridgehead atoms. The first-order valence-electron chi connectivity index (χ1n) is 12.3. The number of rotatable bonds is 11. The third-order valence-corrected chi connectivity index (χ3v) is 7.35. The predicted molar refractivity (Wildman–Crippen MR) is 143 cm³/mol. The van der Waals surface area contributed by atoms with Crippen molar-refractivity contribution in [2.45, 2.75) is 76.4 Å². The van der Waals surface area contributed by atoms with Crippen LogP contribution in [0.4, 0.5) is 18.9 Å². The molecule has 0 atom stereocenters. The van der Waals surface area contributed by atoms with Crippen molar-refractivity contribution >= 4 is 23.4 Å². The number of thioether (sulfide) groups is 1. The van der Waals surface area contributed by atoms with Crippen molar-refractivity contribution in [3.05, 3.63) is 65.5 Å². The zero-order valence-electron chi connectivity index (χ0n) is 21.8. The van der Waals surface area contributed by atoms with Crippen LogP contribution in [0.25, 0.3) is 11.4 Å². The summed E-state index contributed by atoms with van der Waals surface area (Å²) in [7, 11) is 0. The summed E-state index contributed by atoms with van der Waals surface area (Å²) in [5.41, 5.74) is 2.66. The van der Waals surface area contributed by atoms with Gasteiger partial charge in [-0.3, -0.25) is 4.79 Å².